The Morgan fingerprint density at radius 2 is 2.10 bits per heavy atom. The maximum atomic E-state index is 11.8. The van der Waals surface area contributed by atoms with E-state index in [-0.39, 0.29) is 5.91 Å². The Kier molecular flexibility index (Phi) is 3.49. The Morgan fingerprint density at radius 1 is 1.33 bits per heavy atom. The van der Waals surface area contributed by atoms with Crippen molar-refractivity contribution in [3.8, 4) is 0 Å². The lowest BCUT2D eigenvalue weighted by Gasteiger charge is -2.25. The molecule has 3 saturated carbocycles. The number of carbonyl (C=O) groups is 1. The zero-order valence-electron chi connectivity index (χ0n) is 12.4. The van der Waals surface area contributed by atoms with Crippen molar-refractivity contribution in [3.63, 3.8) is 0 Å². The van der Waals surface area contributed by atoms with Gasteiger partial charge < -0.3 is 0 Å². The van der Waals surface area contributed by atoms with E-state index in [1.54, 1.807) is 18.3 Å². The van der Waals surface area contributed by atoms with E-state index in [9.17, 15) is 4.79 Å². The third-order valence-electron chi connectivity index (χ3n) is 5.24. The van der Waals surface area contributed by atoms with Crippen molar-refractivity contribution < 1.29 is 4.79 Å². The predicted molar refractivity (Wildman–Crippen MR) is 85.8 cm³/mol. The van der Waals surface area contributed by atoms with Gasteiger partial charge in [0.2, 0.25) is 11.0 Å². The molecule has 0 spiro atoms. The van der Waals surface area contributed by atoms with Gasteiger partial charge in [0.1, 0.15) is 0 Å². The van der Waals surface area contributed by atoms with Crippen LogP contribution < -0.4 is 4.90 Å². The minimum absolute atomic E-state index is 0.0956. The van der Waals surface area contributed by atoms with Gasteiger partial charge in [0.25, 0.3) is 0 Å². The first kappa shape index (κ1) is 14.0. The summed E-state index contributed by atoms with van der Waals surface area (Å²) in [5.74, 6) is 2.28. The molecule has 0 radical (unpaired) electrons. The van der Waals surface area contributed by atoms with Crippen LogP contribution in [0.3, 0.4) is 0 Å². The Labute approximate surface area is 133 Å². The normalized spacial score (nSPS) is 30.8. The number of hydrogen-bond donors (Lipinski definition) is 0. The number of rotatable bonds is 5. The number of amides is 1. The highest BCUT2D eigenvalue weighted by Gasteiger charge is 2.44. The molecule has 1 aromatic rings. The van der Waals surface area contributed by atoms with E-state index in [0.29, 0.717) is 11.5 Å². The van der Waals surface area contributed by atoms with E-state index in [1.165, 1.54) is 37.9 Å². The van der Waals surface area contributed by atoms with Gasteiger partial charge in [0.05, 0.1) is 0 Å². The van der Waals surface area contributed by atoms with Crippen LogP contribution in [-0.4, -0.2) is 27.9 Å². The van der Waals surface area contributed by atoms with Gasteiger partial charge in [-0.25, -0.2) is 0 Å². The number of fused-ring (bicyclic) bond motifs is 2. The molecule has 1 aromatic heterocycles. The highest BCUT2D eigenvalue weighted by Crippen LogP contribution is 2.56. The maximum absolute atomic E-state index is 11.8. The van der Waals surface area contributed by atoms with Gasteiger partial charge >= 0.3 is 0 Å². The molecule has 3 aliphatic carbocycles. The highest BCUT2D eigenvalue weighted by atomic mass is 32.2. The minimum atomic E-state index is 0.0956. The fourth-order valence-electron chi connectivity index (χ4n) is 3.97. The first-order valence-electron chi connectivity index (χ1n) is 7.91. The second-order valence-corrected chi connectivity index (χ2v) is 9.09. The summed E-state index contributed by atoms with van der Waals surface area (Å²) in [6, 6.07) is 0.373. The van der Waals surface area contributed by atoms with Gasteiger partial charge in [-0.15, -0.1) is 10.2 Å². The summed E-state index contributed by atoms with van der Waals surface area (Å²) in [5.41, 5.74) is 0.581. The molecule has 4 rings (SSSR count). The smallest absolute Gasteiger partial charge is 0.225 e. The molecule has 0 aromatic carbocycles. The molecule has 0 aliphatic heterocycles. The number of aromatic nitrogens is 2. The molecule has 114 valence electrons. The van der Waals surface area contributed by atoms with Gasteiger partial charge in [-0.05, 0) is 56.3 Å². The van der Waals surface area contributed by atoms with Crippen molar-refractivity contribution in [2.45, 2.75) is 62.3 Å². The first-order chi connectivity index (χ1) is 10.2. The Bertz CT molecular complexity index is 547. The number of hydrogen-bond acceptors (Lipinski definition) is 5. The number of carbonyl (C=O) groups excluding carboxylic acids is 1. The summed E-state index contributed by atoms with van der Waals surface area (Å²) in [6.45, 7) is 1.63. The lowest BCUT2D eigenvalue weighted by molar-refractivity contribution is -0.116. The molecule has 1 amide bonds. The van der Waals surface area contributed by atoms with Gasteiger partial charge in [0, 0.05) is 18.7 Å². The van der Waals surface area contributed by atoms with Crippen LogP contribution in [0.1, 0.15) is 51.9 Å². The number of anilines is 1. The second kappa shape index (κ2) is 5.23. The molecule has 21 heavy (non-hydrogen) atoms. The Hall–Kier alpha value is -0.620. The predicted octanol–water partition coefficient (Wildman–Crippen LogP) is 3.73. The molecule has 0 unspecified atom stereocenters. The van der Waals surface area contributed by atoms with Gasteiger partial charge in [0.15, 0.2) is 4.34 Å². The molecule has 0 atom stereocenters. The molecular formula is C15H21N3OS2. The molecule has 2 bridgehead atoms. The van der Waals surface area contributed by atoms with Crippen LogP contribution in [0.2, 0.25) is 0 Å². The minimum Gasteiger partial charge on any atom is -0.284 e. The van der Waals surface area contributed by atoms with E-state index < -0.39 is 0 Å². The van der Waals surface area contributed by atoms with Crippen LogP contribution in [0.5, 0.6) is 0 Å². The SMILES string of the molecule is CC(=O)N(c1nnc(SCC23CCC(CC2)C3)s1)C1CC1. The van der Waals surface area contributed by atoms with Crippen LogP contribution in [0.25, 0.3) is 0 Å². The van der Waals surface area contributed by atoms with Crippen molar-refractivity contribution >= 4 is 34.1 Å². The molecule has 1 heterocycles. The molecule has 4 nitrogen and oxygen atoms in total. The maximum Gasteiger partial charge on any atom is 0.225 e. The largest absolute Gasteiger partial charge is 0.284 e. The van der Waals surface area contributed by atoms with E-state index in [2.05, 4.69) is 10.2 Å². The monoisotopic (exact) mass is 323 g/mol. The van der Waals surface area contributed by atoms with Crippen molar-refractivity contribution in [2.75, 3.05) is 10.7 Å². The fraction of sp³-hybridized carbons (Fsp3) is 0.800. The third-order valence-corrected chi connectivity index (χ3v) is 7.65. The average Bonchev–Trinajstić information content (AvgIpc) is 2.90. The lowest BCUT2D eigenvalue weighted by atomic mass is 9.87. The molecule has 6 heteroatoms. The quantitative estimate of drug-likeness (QED) is 0.612. The van der Waals surface area contributed by atoms with E-state index in [1.807, 2.05) is 16.7 Å². The van der Waals surface area contributed by atoms with E-state index in [0.717, 1.165) is 28.2 Å². The van der Waals surface area contributed by atoms with Gasteiger partial charge in [-0.1, -0.05) is 23.1 Å². The molecular weight excluding hydrogens is 302 g/mol. The zero-order chi connectivity index (χ0) is 14.4. The second-order valence-electron chi connectivity index (χ2n) is 6.91. The fourth-order valence-corrected chi connectivity index (χ4v) is 6.23. The molecule has 3 aliphatic rings. The lowest BCUT2D eigenvalue weighted by Crippen LogP contribution is -2.30. The van der Waals surface area contributed by atoms with Crippen LogP contribution >= 0.6 is 23.1 Å². The number of thioether (sulfide) groups is 1. The summed E-state index contributed by atoms with van der Waals surface area (Å²) in [4.78, 5) is 13.6. The van der Waals surface area contributed by atoms with Crippen LogP contribution in [-0.2, 0) is 4.79 Å². The van der Waals surface area contributed by atoms with Crippen molar-refractivity contribution in [1.29, 1.82) is 0 Å². The molecule has 3 fully saturated rings. The van der Waals surface area contributed by atoms with Crippen LogP contribution in [0.4, 0.5) is 5.13 Å². The standard InChI is InChI=1S/C15H21N3OS2/c1-10(19)18(12-2-3-12)13-16-17-14(21-13)20-9-15-6-4-11(8-15)5-7-15/h11-12H,2-9H2,1H3. The first-order valence-corrected chi connectivity index (χ1v) is 9.72. The third kappa shape index (κ3) is 2.72. The van der Waals surface area contributed by atoms with Gasteiger partial charge in [-0.2, -0.15) is 0 Å². The van der Waals surface area contributed by atoms with E-state index in [4.69, 9.17) is 0 Å². The average molecular weight is 323 g/mol. The molecule has 0 saturated heterocycles. The summed E-state index contributed by atoms with van der Waals surface area (Å²) >= 11 is 3.45. The molecule has 0 N–H and O–H groups in total. The topological polar surface area (TPSA) is 46.1 Å². The highest BCUT2D eigenvalue weighted by molar-refractivity contribution is 8.01. The number of nitrogens with zero attached hydrogens (tertiary/aromatic N) is 3. The summed E-state index contributed by atoms with van der Waals surface area (Å²) in [6.07, 6.45) is 9.30. The summed E-state index contributed by atoms with van der Waals surface area (Å²) in [7, 11) is 0. The van der Waals surface area contributed by atoms with Crippen molar-refractivity contribution in [2.24, 2.45) is 11.3 Å². The zero-order valence-corrected chi connectivity index (χ0v) is 14.0. The Morgan fingerprint density at radius 3 is 2.67 bits per heavy atom. The van der Waals surface area contributed by atoms with Crippen molar-refractivity contribution in [3.05, 3.63) is 0 Å². The Balaban J connectivity index is 1.41. The van der Waals surface area contributed by atoms with Crippen molar-refractivity contribution in [1.82, 2.24) is 10.2 Å². The van der Waals surface area contributed by atoms with Crippen LogP contribution in [0, 0.1) is 11.3 Å². The van der Waals surface area contributed by atoms with Crippen LogP contribution in [0.15, 0.2) is 4.34 Å². The van der Waals surface area contributed by atoms with Gasteiger partial charge in [-0.3, -0.25) is 9.69 Å². The summed E-state index contributed by atoms with van der Waals surface area (Å²) in [5, 5.41) is 9.36. The summed E-state index contributed by atoms with van der Waals surface area (Å²) < 4.78 is 1.03. The van der Waals surface area contributed by atoms with E-state index >= 15 is 0 Å².